The predicted octanol–water partition coefficient (Wildman–Crippen LogP) is -1.10. The second-order valence-corrected chi connectivity index (χ2v) is 0.788. The Balaban J connectivity index is 0. The van der Waals surface area contributed by atoms with Crippen LogP contribution in [0.2, 0.25) is 0 Å². The summed E-state index contributed by atoms with van der Waals surface area (Å²) >= 11 is 0.991. The van der Waals surface area contributed by atoms with Crippen LogP contribution >= 0.6 is 0 Å². The van der Waals surface area contributed by atoms with E-state index >= 15 is 0 Å². The van der Waals surface area contributed by atoms with Gasteiger partial charge in [0.15, 0.2) is 0 Å². The average Bonchev–Trinajstić information content (AvgIpc) is 0.918. The fraction of sp³-hybridized carbons (Fsp3) is 0. The molecule has 0 bridgehead atoms. The molecule has 0 aromatic heterocycles. The van der Waals surface area contributed by atoms with Crippen molar-refractivity contribution in [2.24, 2.45) is 0 Å². The van der Waals surface area contributed by atoms with Gasteiger partial charge >= 0.3 is 29.3 Å². The van der Waals surface area contributed by atoms with Gasteiger partial charge in [-0.25, -0.2) is 0 Å². The molecule has 0 atom stereocenters. The Labute approximate surface area is 35.4 Å². The molecule has 0 heterocycles. The maximum atomic E-state index is 8.84. The Hall–Kier alpha value is 0.318. The Morgan fingerprint density at radius 3 is 1.75 bits per heavy atom. The monoisotopic (exact) mass is 231 g/mol. The molecule has 25 valence electrons. The average molecular weight is 231 g/mol. The molecule has 0 fully saturated rings. The summed E-state index contributed by atoms with van der Waals surface area (Å²) in [5.74, 6) is 0. The quantitative estimate of drug-likeness (QED) is 0.488. The molecule has 0 unspecified atom stereocenters. The molecule has 0 saturated carbocycles. The van der Waals surface area contributed by atoms with Crippen molar-refractivity contribution >= 4 is 4.68 Å². The number of hydrogen-bond acceptors (Lipinski definition) is 1. The third kappa shape index (κ3) is 39.8. The fourth-order valence-electron chi connectivity index (χ4n) is 0. The molecule has 0 rings (SSSR count). The van der Waals surface area contributed by atoms with Crippen LogP contribution in [0, 0.1) is 0 Å². The van der Waals surface area contributed by atoms with Crippen LogP contribution in [-0.4, -0.2) is 10.2 Å². The Bertz CT molecular complexity index is 13.5. The third-order valence-corrected chi connectivity index (χ3v) is 0. The Kier molecular flexibility index (Phi) is 22.7. The zero-order chi connectivity index (χ0) is 2.71. The molecular formula is CH3O2W. The topological polar surface area (TPSA) is 48.6 Å². The molecular weight excluding hydrogens is 228 g/mol. The fourth-order valence-corrected chi connectivity index (χ4v) is 0. The van der Waals surface area contributed by atoms with Crippen LogP contribution in [0.3, 0.4) is 0 Å². The van der Waals surface area contributed by atoms with Crippen molar-refractivity contribution < 1.29 is 30.1 Å². The van der Waals surface area contributed by atoms with E-state index in [0.29, 0.717) is 0 Å². The molecule has 2 N–H and O–H groups in total. The summed E-state index contributed by atoms with van der Waals surface area (Å²) < 4.78 is 0.833. The second kappa shape index (κ2) is 10.3. The van der Waals surface area contributed by atoms with Gasteiger partial charge in [-0.15, -0.1) is 0 Å². The molecule has 0 aromatic rings. The first kappa shape index (κ1) is 8.85. The summed E-state index contributed by atoms with van der Waals surface area (Å²) in [5, 5.41) is 0. The van der Waals surface area contributed by atoms with E-state index in [1.54, 1.807) is 0 Å². The van der Waals surface area contributed by atoms with E-state index in [4.69, 9.17) is 4.79 Å². The summed E-state index contributed by atoms with van der Waals surface area (Å²) in [4.78, 5) is 8.84. The van der Waals surface area contributed by atoms with Crippen LogP contribution in [0.1, 0.15) is 0 Å². The van der Waals surface area contributed by atoms with E-state index in [-0.39, 0.29) is 5.48 Å². The first-order chi connectivity index (χ1) is 1.41. The van der Waals surface area contributed by atoms with Crippen molar-refractivity contribution in [3.63, 3.8) is 0 Å². The van der Waals surface area contributed by atoms with E-state index in [9.17, 15) is 0 Å². The zero-order valence-corrected chi connectivity index (χ0v) is 4.83. The van der Waals surface area contributed by atoms with Gasteiger partial charge in [-0.2, -0.15) is 0 Å². The van der Waals surface area contributed by atoms with Crippen LogP contribution in [0.25, 0.3) is 0 Å². The van der Waals surface area contributed by atoms with Gasteiger partial charge in [0.2, 0.25) is 0 Å². The molecule has 0 spiro atoms. The molecule has 4 heavy (non-hydrogen) atoms. The molecule has 0 radical (unpaired) electrons. The van der Waals surface area contributed by atoms with Gasteiger partial charge in [0, 0.05) is 0 Å². The van der Waals surface area contributed by atoms with Crippen molar-refractivity contribution in [2.45, 2.75) is 0 Å². The molecule has 0 aliphatic carbocycles. The summed E-state index contributed by atoms with van der Waals surface area (Å²) in [6.45, 7) is 0. The first-order valence-corrected chi connectivity index (χ1v) is 2.17. The van der Waals surface area contributed by atoms with Gasteiger partial charge in [0.25, 0.3) is 0 Å². The van der Waals surface area contributed by atoms with Crippen LogP contribution in [0.15, 0.2) is 0 Å². The van der Waals surface area contributed by atoms with Crippen molar-refractivity contribution in [1.29, 1.82) is 0 Å². The van der Waals surface area contributed by atoms with Crippen LogP contribution in [0.5, 0.6) is 0 Å². The van der Waals surface area contributed by atoms with Crippen LogP contribution < -0.4 is 0 Å². The Morgan fingerprint density at radius 2 is 1.75 bits per heavy atom. The molecule has 0 saturated heterocycles. The van der Waals surface area contributed by atoms with Gasteiger partial charge in [-0.3, -0.25) is 0 Å². The van der Waals surface area contributed by atoms with E-state index in [1.807, 2.05) is 0 Å². The van der Waals surface area contributed by atoms with Gasteiger partial charge in [-0.1, -0.05) is 0 Å². The van der Waals surface area contributed by atoms with Gasteiger partial charge in [0.1, 0.15) is 0 Å². The number of hydrogen-bond donors (Lipinski definition) is 0. The normalized spacial score (nSPS) is 3.00. The van der Waals surface area contributed by atoms with Crippen LogP contribution in [0.4, 0.5) is 0 Å². The van der Waals surface area contributed by atoms with Crippen molar-refractivity contribution in [2.75, 3.05) is 0 Å². The standard InChI is InChI=1S/CHO.H2O.W/c1-2;;/h1H;1H2;. The van der Waals surface area contributed by atoms with Gasteiger partial charge in [-0.05, 0) is 0 Å². The number of rotatable bonds is 0. The molecule has 0 aromatic carbocycles. The third-order valence-electron chi connectivity index (χ3n) is 0. The molecule has 0 aliphatic heterocycles. The van der Waals surface area contributed by atoms with Crippen molar-refractivity contribution in [3.05, 3.63) is 0 Å². The molecule has 3 heteroatoms. The van der Waals surface area contributed by atoms with E-state index in [0.717, 1.165) is 24.5 Å². The summed E-state index contributed by atoms with van der Waals surface area (Å²) in [6, 6.07) is 0. The molecule has 0 amide bonds. The van der Waals surface area contributed by atoms with E-state index < -0.39 is 0 Å². The predicted molar refractivity (Wildman–Crippen MR) is 10.4 cm³/mol. The zero-order valence-electron chi connectivity index (χ0n) is 1.89. The summed E-state index contributed by atoms with van der Waals surface area (Å²) in [7, 11) is 0. The van der Waals surface area contributed by atoms with Crippen LogP contribution in [-0.2, 0) is 24.6 Å². The summed E-state index contributed by atoms with van der Waals surface area (Å²) in [5.41, 5.74) is 0. The van der Waals surface area contributed by atoms with Gasteiger partial charge in [0.05, 0.1) is 0 Å². The molecule has 2 nitrogen and oxygen atoms in total. The van der Waals surface area contributed by atoms with Crippen molar-refractivity contribution in [3.8, 4) is 0 Å². The van der Waals surface area contributed by atoms with Crippen molar-refractivity contribution in [1.82, 2.24) is 0 Å². The number of carbonyl (C=O) groups is 1. The minimum absolute atomic E-state index is 0. The van der Waals surface area contributed by atoms with E-state index in [2.05, 4.69) is 0 Å². The second-order valence-electron chi connectivity index (χ2n) is 0.0962. The number of carbonyl (C=O) groups excluding carboxylic acids is 1. The Morgan fingerprint density at radius 1 is 1.75 bits per heavy atom. The van der Waals surface area contributed by atoms with E-state index in [1.165, 1.54) is 0 Å². The maximum absolute atomic E-state index is 8.84. The minimum atomic E-state index is 0. The SMILES string of the molecule is O.O=[CH][W]. The van der Waals surface area contributed by atoms with Gasteiger partial charge < -0.3 is 5.48 Å². The summed E-state index contributed by atoms with van der Waals surface area (Å²) in [6.07, 6.45) is 0. The first-order valence-electron chi connectivity index (χ1n) is 0.471. The molecule has 0 aliphatic rings.